The largest absolute Gasteiger partial charge is 0.465 e. The Hall–Kier alpha value is -2.06. The highest BCUT2D eigenvalue weighted by Gasteiger charge is 1.99. The Morgan fingerprint density at radius 3 is 2.53 bits per heavy atom. The summed E-state index contributed by atoms with van der Waals surface area (Å²) in [7, 11) is 0. The molecule has 0 fully saturated rings. The maximum atomic E-state index is 5.53. The molecule has 0 aliphatic heterocycles. The van der Waals surface area contributed by atoms with E-state index in [1.165, 1.54) is 16.3 Å². The lowest BCUT2D eigenvalue weighted by Gasteiger charge is -2.05. The smallest absolute Gasteiger partial charge is 0.117 e. The maximum Gasteiger partial charge on any atom is 0.117 e. The topological polar surface area (TPSA) is 25.2 Å². The van der Waals surface area contributed by atoms with E-state index in [1.807, 2.05) is 19.1 Å². The van der Waals surface area contributed by atoms with Gasteiger partial charge in [0.25, 0.3) is 0 Å². The Morgan fingerprint density at radius 2 is 1.74 bits per heavy atom. The molecule has 0 spiro atoms. The van der Waals surface area contributed by atoms with Crippen LogP contribution in [0.4, 0.5) is 0 Å². The summed E-state index contributed by atoms with van der Waals surface area (Å²) in [6.45, 7) is 3.58. The summed E-state index contributed by atoms with van der Waals surface area (Å²) in [5, 5.41) is 5.97. The molecule has 0 amide bonds. The minimum Gasteiger partial charge on any atom is -0.465 e. The Bertz CT molecular complexity index is 684. The average Bonchev–Trinajstić information content (AvgIpc) is 2.84. The zero-order chi connectivity index (χ0) is 13.1. The van der Waals surface area contributed by atoms with E-state index in [4.69, 9.17) is 4.42 Å². The van der Waals surface area contributed by atoms with Crippen LogP contribution in [0.2, 0.25) is 0 Å². The van der Waals surface area contributed by atoms with Gasteiger partial charge in [-0.25, -0.2) is 0 Å². The van der Waals surface area contributed by atoms with Gasteiger partial charge < -0.3 is 9.73 Å². The fourth-order valence-electron chi connectivity index (χ4n) is 2.26. The second kappa shape index (κ2) is 5.29. The lowest BCUT2D eigenvalue weighted by atomic mass is 10.1. The van der Waals surface area contributed by atoms with E-state index in [1.54, 1.807) is 0 Å². The predicted octanol–water partition coefficient (Wildman–Crippen LogP) is 4.03. The molecule has 1 aromatic heterocycles. The summed E-state index contributed by atoms with van der Waals surface area (Å²) < 4.78 is 5.53. The van der Waals surface area contributed by atoms with Gasteiger partial charge in [0, 0.05) is 6.54 Å². The van der Waals surface area contributed by atoms with Gasteiger partial charge in [0.2, 0.25) is 0 Å². The second-order valence-electron chi connectivity index (χ2n) is 4.80. The first-order chi connectivity index (χ1) is 9.31. The summed E-state index contributed by atoms with van der Waals surface area (Å²) in [5.41, 5.74) is 1.29. The maximum absolute atomic E-state index is 5.53. The monoisotopic (exact) mass is 251 g/mol. The molecule has 0 saturated heterocycles. The van der Waals surface area contributed by atoms with Gasteiger partial charge in [-0.1, -0.05) is 36.4 Å². The van der Waals surface area contributed by atoms with E-state index in [0.717, 1.165) is 24.6 Å². The van der Waals surface area contributed by atoms with E-state index < -0.39 is 0 Å². The van der Waals surface area contributed by atoms with Gasteiger partial charge in [0.15, 0.2) is 0 Å². The van der Waals surface area contributed by atoms with Gasteiger partial charge in [0.05, 0.1) is 6.54 Å². The quantitative estimate of drug-likeness (QED) is 0.757. The molecule has 0 aliphatic carbocycles. The van der Waals surface area contributed by atoms with Crippen molar-refractivity contribution in [1.82, 2.24) is 5.32 Å². The van der Waals surface area contributed by atoms with E-state index >= 15 is 0 Å². The van der Waals surface area contributed by atoms with Crippen molar-refractivity contribution in [2.45, 2.75) is 20.0 Å². The van der Waals surface area contributed by atoms with E-state index in [0.29, 0.717) is 0 Å². The van der Waals surface area contributed by atoms with E-state index in [9.17, 15) is 0 Å². The molecule has 2 heteroatoms. The van der Waals surface area contributed by atoms with Crippen LogP contribution in [0.25, 0.3) is 10.8 Å². The predicted molar refractivity (Wildman–Crippen MR) is 77.9 cm³/mol. The van der Waals surface area contributed by atoms with Crippen molar-refractivity contribution in [3.05, 3.63) is 71.7 Å². The Morgan fingerprint density at radius 1 is 0.895 bits per heavy atom. The number of hydrogen-bond acceptors (Lipinski definition) is 2. The lowest BCUT2D eigenvalue weighted by Crippen LogP contribution is -2.11. The molecule has 96 valence electrons. The van der Waals surface area contributed by atoms with Crippen molar-refractivity contribution in [2.75, 3.05) is 0 Å². The molecule has 0 radical (unpaired) electrons. The van der Waals surface area contributed by atoms with Gasteiger partial charge >= 0.3 is 0 Å². The number of benzene rings is 2. The van der Waals surface area contributed by atoms with Crippen molar-refractivity contribution >= 4 is 10.8 Å². The van der Waals surface area contributed by atoms with Crippen LogP contribution in [0.1, 0.15) is 17.1 Å². The first-order valence-corrected chi connectivity index (χ1v) is 6.55. The molecular formula is C17H17NO. The van der Waals surface area contributed by atoms with Crippen LogP contribution in [-0.4, -0.2) is 0 Å². The highest BCUT2D eigenvalue weighted by molar-refractivity contribution is 5.82. The molecule has 3 rings (SSSR count). The third-order valence-corrected chi connectivity index (χ3v) is 3.24. The molecule has 0 atom stereocenters. The molecule has 0 unspecified atom stereocenters. The first kappa shape index (κ1) is 12.0. The summed E-state index contributed by atoms with van der Waals surface area (Å²) in [5.74, 6) is 1.95. The molecule has 0 aliphatic rings. The van der Waals surface area contributed by atoms with E-state index in [2.05, 4.69) is 47.8 Å². The Kier molecular flexibility index (Phi) is 3.34. The zero-order valence-electron chi connectivity index (χ0n) is 11.0. The summed E-state index contributed by atoms with van der Waals surface area (Å²) in [4.78, 5) is 0. The summed E-state index contributed by atoms with van der Waals surface area (Å²) >= 11 is 0. The van der Waals surface area contributed by atoms with Crippen LogP contribution >= 0.6 is 0 Å². The third kappa shape index (κ3) is 2.85. The highest BCUT2D eigenvalue weighted by Crippen LogP contribution is 2.15. The number of hydrogen-bond donors (Lipinski definition) is 1. The van der Waals surface area contributed by atoms with Gasteiger partial charge in [-0.3, -0.25) is 0 Å². The van der Waals surface area contributed by atoms with Crippen molar-refractivity contribution in [1.29, 1.82) is 0 Å². The van der Waals surface area contributed by atoms with E-state index in [-0.39, 0.29) is 0 Å². The minimum atomic E-state index is 0.765. The van der Waals surface area contributed by atoms with Gasteiger partial charge in [0.1, 0.15) is 11.5 Å². The number of rotatable bonds is 4. The molecule has 2 nitrogen and oxygen atoms in total. The second-order valence-corrected chi connectivity index (χ2v) is 4.80. The standard InChI is InChI=1S/C17H17NO/c1-13-6-9-17(19-13)12-18-11-14-7-8-15-4-2-3-5-16(15)10-14/h2-10,18H,11-12H2,1H3. The Labute approximate surface area is 113 Å². The third-order valence-electron chi connectivity index (χ3n) is 3.24. The van der Waals surface area contributed by atoms with Gasteiger partial charge in [-0.15, -0.1) is 0 Å². The van der Waals surface area contributed by atoms with Crippen molar-refractivity contribution in [3.8, 4) is 0 Å². The number of furan rings is 1. The molecule has 0 bridgehead atoms. The normalized spacial score (nSPS) is 11.0. The van der Waals surface area contributed by atoms with Gasteiger partial charge in [-0.05, 0) is 41.5 Å². The fourth-order valence-corrected chi connectivity index (χ4v) is 2.26. The van der Waals surface area contributed by atoms with Crippen LogP contribution in [-0.2, 0) is 13.1 Å². The lowest BCUT2D eigenvalue weighted by molar-refractivity contribution is 0.462. The van der Waals surface area contributed by atoms with Crippen LogP contribution in [0.15, 0.2) is 59.0 Å². The molecule has 1 heterocycles. The molecule has 19 heavy (non-hydrogen) atoms. The average molecular weight is 251 g/mol. The minimum absolute atomic E-state index is 0.765. The van der Waals surface area contributed by atoms with Crippen molar-refractivity contribution in [2.24, 2.45) is 0 Å². The molecule has 3 aromatic rings. The van der Waals surface area contributed by atoms with Crippen LogP contribution in [0, 0.1) is 6.92 Å². The molecule has 2 aromatic carbocycles. The van der Waals surface area contributed by atoms with Crippen LogP contribution in [0.5, 0.6) is 0 Å². The van der Waals surface area contributed by atoms with Crippen LogP contribution < -0.4 is 5.32 Å². The molecule has 1 N–H and O–H groups in total. The van der Waals surface area contributed by atoms with Gasteiger partial charge in [-0.2, -0.15) is 0 Å². The zero-order valence-corrected chi connectivity index (χ0v) is 11.0. The highest BCUT2D eigenvalue weighted by atomic mass is 16.3. The molecule has 0 saturated carbocycles. The van der Waals surface area contributed by atoms with Crippen molar-refractivity contribution in [3.63, 3.8) is 0 Å². The Balaban J connectivity index is 1.65. The van der Waals surface area contributed by atoms with Crippen LogP contribution in [0.3, 0.4) is 0 Å². The van der Waals surface area contributed by atoms with Crippen molar-refractivity contribution < 1.29 is 4.42 Å². The molecular weight excluding hydrogens is 234 g/mol. The number of nitrogens with one attached hydrogen (secondary N) is 1. The number of aryl methyl sites for hydroxylation is 1. The summed E-state index contributed by atoms with van der Waals surface area (Å²) in [6.07, 6.45) is 0. The number of fused-ring (bicyclic) bond motifs is 1. The fraction of sp³-hybridized carbons (Fsp3) is 0.176. The summed E-state index contributed by atoms with van der Waals surface area (Å²) in [6, 6.07) is 19.0. The SMILES string of the molecule is Cc1ccc(CNCc2ccc3ccccc3c2)o1. The first-order valence-electron chi connectivity index (χ1n) is 6.55.